The maximum absolute atomic E-state index is 12.9. The number of nitrogens with one attached hydrogen (secondary N) is 2. The molecule has 1 fully saturated rings. The molecule has 1 aliphatic rings. The van der Waals surface area contributed by atoms with Crippen molar-refractivity contribution in [2.45, 2.75) is 24.2 Å². The van der Waals surface area contributed by atoms with Gasteiger partial charge < -0.3 is 15.0 Å². The lowest BCUT2D eigenvalue weighted by Crippen LogP contribution is -2.38. The SMILES string of the molecule is COc1cncc(NS(=O)(=O)c2ccccc2C(=O)NCCN2CCCCC2)c1. The van der Waals surface area contributed by atoms with Gasteiger partial charge in [-0.3, -0.25) is 14.5 Å². The Bertz CT molecular complexity index is 943. The van der Waals surface area contributed by atoms with Crippen LogP contribution in [0.2, 0.25) is 0 Å². The standard InChI is InChI=1S/C20H26N4O4S/c1-28-17-13-16(14-21-15-17)23-29(26,27)19-8-4-3-7-18(19)20(25)22-9-12-24-10-5-2-6-11-24/h3-4,7-8,13-15,23H,2,5-6,9-12H2,1H3,(H,22,25). The van der Waals surface area contributed by atoms with Crippen LogP contribution in [-0.2, 0) is 10.0 Å². The maximum atomic E-state index is 12.9. The number of anilines is 1. The number of likely N-dealkylation sites (tertiary alicyclic amines) is 1. The quantitative estimate of drug-likeness (QED) is 0.681. The summed E-state index contributed by atoms with van der Waals surface area (Å²) in [7, 11) is -2.51. The molecule has 2 N–H and O–H groups in total. The first-order valence-electron chi connectivity index (χ1n) is 9.61. The normalized spacial score (nSPS) is 14.9. The summed E-state index contributed by atoms with van der Waals surface area (Å²) in [6, 6.07) is 7.67. The Morgan fingerprint density at radius 2 is 1.93 bits per heavy atom. The number of pyridine rings is 1. The minimum atomic E-state index is -3.98. The molecule has 1 aliphatic heterocycles. The van der Waals surface area contributed by atoms with Gasteiger partial charge in [-0.15, -0.1) is 0 Å². The number of rotatable bonds is 8. The topological polar surface area (TPSA) is 101 Å². The zero-order chi connectivity index (χ0) is 20.7. The lowest BCUT2D eigenvalue weighted by molar-refractivity contribution is 0.0943. The van der Waals surface area contributed by atoms with Crippen LogP contribution in [0.4, 0.5) is 5.69 Å². The van der Waals surface area contributed by atoms with Crippen LogP contribution >= 0.6 is 0 Å². The molecule has 0 atom stereocenters. The van der Waals surface area contributed by atoms with Crippen molar-refractivity contribution >= 4 is 21.6 Å². The van der Waals surface area contributed by atoms with Crippen LogP contribution < -0.4 is 14.8 Å². The van der Waals surface area contributed by atoms with E-state index in [9.17, 15) is 13.2 Å². The van der Waals surface area contributed by atoms with E-state index >= 15 is 0 Å². The van der Waals surface area contributed by atoms with Gasteiger partial charge in [0.1, 0.15) is 10.6 Å². The molecule has 0 radical (unpaired) electrons. The number of ether oxygens (including phenoxy) is 1. The van der Waals surface area contributed by atoms with Crippen LogP contribution in [0.1, 0.15) is 29.6 Å². The molecular weight excluding hydrogens is 392 g/mol. The number of methoxy groups -OCH3 is 1. The smallest absolute Gasteiger partial charge is 0.262 e. The van der Waals surface area contributed by atoms with E-state index in [1.54, 1.807) is 12.1 Å². The number of hydrogen-bond acceptors (Lipinski definition) is 6. The highest BCUT2D eigenvalue weighted by Gasteiger charge is 2.22. The van der Waals surface area contributed by atoms with Crippen LogP contribution in [-0.4, -0.2) is 57.5 Å². The maximum Gasteiger partial charge on any atom is 0.262 e. The fourth-order valence-electron chi connectivity index (χ4n) is 3.29. The second kappa shape index (κ2) is 9.71. The molecule has 2 aromatic rings. The monoisotopic (exact) mass is 418 g/mol. The van der Waals surface area contributed by atoms with Gasteiger partial charge in [0.2, 0.25) is 0 Å². The molecule has 29 heavy (non-hydrogen) atoms. The molecule has 8 nitrogen and oxygen atoms in total. The largest absolute Gasteiger partial charge is 0.495 e. The Labute approximate surface area is 171 Å². The van der Waals surface area contributed by atoms with Crippen LogP contribution in [0.5, 0.6) is 5.75 Å². The minimum Gasteiger partial charge on any atom is -0.495 e. The van der Waals surface area contributed by atoms with Gasteiger partial charge in [-0.1, -0.05) is 18.6 Å². The Morgan fingerprint density at radius 3 is 2.69 bits per heavy atom. The van der Waals surface area contributed by atoms with Crippen molar-refractivity contribution in [2.24, 2.45) is 0 Å². The van der Waals surface area contributed by atoms with Gasteiger partial charge >= 0.3 is 0 Å². The summed E-state index contributed by atoms with van der Waals surface area (Å²) >= 11 is 0. The van der Waals surface area contributed by atoms with Crippen molar-refractivity contribution in [3.05, 3.63) is 48.3 Å². The number of sulfonamides is 1. The Hall–Kier alpha value is -2.65. The fraction of sp³-hybridized carbons (Fsp3) is 0.400. The Morgan fingerprint density at radius 1 is 1.17 bits per heavy atom. The molecule has 0 spiro atoms. The van der Waals surface area contributed by atoms with E-state index in [4.69, 9.17) is 4.74 Å². The van der Waals surface area contributed by atoms with Gasteiger partial charge in [-0.05, 0) is 38.1 Å². The number of aromatic nitrogens is 1. The van der Waals surface area contributed by atoms with Crippen LogP contribution in [0.3, 0.4) is 0 Å². The summed E-state index contributed by atoms with van der Waals surface area (Å²) in [5, 5.41) is 2.84. The van der Waals surface area contributed by atoms with E-state index < -0.39 is 15.9 Å². The van der Waals surface area contributed by atoms with Gasteiger partial charge in [-0.2, -0.15) is 0 Å². The second-order valence-corrected chi connectivity index (χ2v) is 8.52. The van der Waals surface area contributed by atoms with E-state index in [2.05, 4.69) is 19.9 Å². The number of carbonyl (C=O) groups is 1. The van der Waals surface area contributed by atoms with E-state index in [0.717, 1.165) is 19.6 Å². The van der Waals surface area contributed by atoms with Gasteiger partial charge in [0.15, 0.2) is 0 Å². The third-order valence-electron chi connectivity index (χ3n) is 4.78. The molecule has 0 saturated carbocycles. The van der Waals surface area contributed by atoms with Crippen molar-refractivity contribution < 1.29 is 17.9 Å². The lowest BCUT2D eigenvalue weighted by Gasteiger charge is -2.26. The van der Waals surface area contributed by atoms with Crippen LogP contribution in [0, 0.1) is 0 Å². The molecule has 1 saturated heterocycles. The summed E-state index contributed by atoms with van der Waals surface area (Å²) in [6.07, 6.45) is 6.46. The lowest BCUT2D eigenvalue weighted by atomic mass is 10.1. The van der Waals surface area contributed by atoms with Gasteiger partial charge in [-0.25, -0.2) is 8.42 Å². The molecule has 3 rings (SSSR count). The van der Waals surface area contributed by atoms with Crippen LogP contribution in [0.25, 0.3) is 0 Å². The number of nitrogens with zero attached hydrogens (tertiary/aromatic N) is 2. The molecule has 0 unspecified atom stereocenters. The van der Waals surface area contributed by atoms with E-state index in [1.807, 2.05) is 0 Å². The molecule has 1 amide bonds. The minimum absolute atomic E-state index is 0.0849. The molecule has 1 aromatic carbocycles. The second-order valence-electron chi connectivity index (χ2n) is 6.87. The van der Waals surface area contributed by atoms with Gasteiger partial charge in [0.05, 0.1) is 30.8 Å². The number of benzene rings is 1. The molecule has 2 heterocycles. The van der Waals surface area contributed by atoms with Crippen molar-refractivity contribution in [3.8, 4) is 5.75 Å². The molecule has 0 aliphatic carbocycles. The fourth-order valence-corrected chi connectivity index (χ4v) is 4.53. The predicted octanol–water partition coefficient (Wildman–Crippen LogP) is 2.11. The first kappa shape index (κ1) is 21.1. The zero-order valence-corrected chi connectivity index (χ0v) is 17.2. The highest BCUT2D eigenvalue weighted by atomic mass is 32.2. The first-order valence-corrected chi connectivity index (χ1v) is 11.1. The van der Waals surface area contributed by atoms with E-state index in [-0.39, 0.29) is 16.1 Å². The predicted molar refractivity (Wildman–Crippen MR) is 111 cm³/mol. The average molecular weight is 419 g/mol. The first-order chi connectivity index (χ1) is 14.0. The average Bonchev–Trinajstić information content (AvgIpc) is 2.74. The summed E-state index contributed by atoms with van der Waals surface area (Å²) in [6.45, 7) is 3.31. The van der Waals surface area contributed by atoms with Crippen molar-refractivity contribution in [3.63, 3.8) is 0 Å². The van der Waals surface area contributed by atoms with Gasteiger partial charge in [0, 0.05) is 19.2 Å². The third-order valence-corrected chi connectivity index (χ3v) is 6.22. The van der Waals surface area contributed by atoms with Gasteiger partial charge in [0.25, 0.3) is 15.9 Å². The van der Waals surface area contributed by atoms with Crippen LogP contribution in [0.15, 0.2) is 47.6 Å². The zero-order valence-electron chi connectivity index (χ0n) is 16.4. The molecule has 9 heteroatoms. The molecule has 1 aromatic heterocycles. The van der Waals surface area contributed by atoms with Crippen molar-refractivity contribution in [1.29, 1.82) is 0 Å². The number of piperidine rings is 1. The molecular formula is C20H26N4O4S. The highest BCUT2D eigenvalue weighted by molar-refractivity contribution is 7.92. The van der Waals surface area contributed by atoms with Crippen molar-refractivity contribution in [2.75, 3.05) is 38.0 Å². The van der Waals surface area contributed by atoms with E-state index in [0.29, 0.717) is 12.3 Å². The number of carbonyl (C=O) groups excluding carboxylic acids is 1. The summed E-state index contributed by atoms with van der Waals surface area (Å²) in [5.74, 6) is 0.0145. The summed E-state index contributed by atoms with van der Waals surface area (Å²) in [5.41, 5.74) is 0.360. The highest BCUT2D eigenvalue weighted by Crippen LogP contribution is 2.21. The van der Waals surface area contributed by atoms with Crippen molar-refractivity contribution in [1.82, 2.24) is 15.2 Å². The molecule has 156 valence electrons. The molecule has 0 bridgehead atoms. The Kier molecular flexibility index (Phi) is 7.05. The van der Waals surface area contributed by atoms with E-state index in [1.165, 1.54) is 57.0 Å². The summed E-state index contributed by atoms with van der Waals surface area (Å²) < 4.78 is 33.3. The summed E-state index contributed by atoms with van der Waals surface area (Å²) in [4.78, 5) is 18.8. The number of hydrogen-bond donors (Lipinski definition) is 2. The third kappa shape index (κ3) is 5.68. The number of amides is 1. The Balaban J connectivity index is 1.70.